The van der Waals surface area contributed by atoms with Gasteiger partial charge < -0.3 is 9.84 Å². The minimum atomic E-state index is -4.71. The zero-order chi connectivity index (χ0) is 16.3. The van der Waals surface area contributed by atoms with Crippen molar-refractivity contribution < 1.29 is 31.4 Å². The van der Waals surface area contributed by atoms with Crippen molar-refractivity contribution in [1.29, 1.82) is 0 Å². The van der Waals surface area contributed by atoms with Crippen molar-refractivity contribution in [2.75, 3.05) is 26.8 Å². The lowest BCUT2D eigenvalue weighted by Gasteiger charge is -2.23. The van der Waals surface area contributed by atoms with Gasteiger partial charge in [-0.25, -0.2) is 8.42 Å². The third-order valence-electron chi connectivity index (χ3n) is 2.64. The molecule has 0 fully saturated rings. The van der Waals surface area contributed by atoms with E-state index in [-0.39, 0.29) is 15.0 Å². The van der Waals surface area contributed by atoms with E-state index in [0.717, 1.165) is 0 Å². The maximum absolute atomic E-state index is 12.5. The first-order valence-electron chi connectivity index (χ1n) is 5.94. The molecule has 0 spiro atoms. The number of hydrogen-bond donors (Lipinski definition) is 1. The van der Waals surface area contributed by atoms with Gasteiger partial charge in [0, 0.05) is 6.54 Å². The van der Waals surface area contributed by atoms with Crippen LogP contribution >= 0.6 is 0 Å². The first-order valence-corrected chi connectivity index (χ1v) is 7.38. The van der Waals surface area contributed by atoms with E-state index >= 15 is 0 Å². The lowest BCUT2D eigenvalue weighted by molar-refractivity contribution is -0.136. The lowest BCUT2D eigenvalue weighted by atomic mass is 10.2. The van der Waals surface area contributed by atoms with Crippen LogP contribution in [0.5, 0.6) is 5.75 Å². The SMILES string of the molecule is COc1ccc(C)cc1S(=O)(=O)N(CCO)CC(F)(F)F. The van der Waals surface area contributed by atoms with Crippen molar-refractivity contribution in [3.8, 4) is 5.75 Å². The predicted octanol–water partition coefficient (Wildman–Crippen LogP) is 1.55. The number of alkyl halides is 3. The molecule has 0 aliphatic carbocycles. The average Bonchev–Trinajstić information content (AvgIpc) is 2.36. The van der Waals surface area contributed by atoms with Crippen LogP contribution in [0.15, 0.2) is 23.1 Å². The number of hydrogen-bond acceptors (Lipinski definition) is 4. The van der Waals surface area contributed by atoms with Gasteiger partial charge in [0.2, 0.25) is 10.0 Å². The lowest BCUT2D eigenvalue weighted by Crippen LogP contribution is -2.40. The van der Waals surface area contributed by atoms with E-state index < -0.39 is 35.9 Å². The molecule has 1 N–H and O–H groups in total. The second-order valence-corrected chi connectivity index (χ2v) is 6.24. The van der Waals surface area contributed by atoms with Crippen LogP contribution in [0.1, 0.15) is 5.56 Å². The van der Waals surface area contributed by atoms with Crippen LogP contribution < -0.4 is 4.74 Å². The van der Waals surface area contributed by atoms with Crippen LogP contribution in [0.3, 0.4) is 0 Å². The molecule has 0 saturated carbocycles. The zero-order valence-corrected chi connectivity index (χ0v) is 12.3. The monoisotopic (exact) mass is 327 g/mol. The first kappa shape index (κ1) is 17.7. The van der Waals surface area contributed by atoms with Crippen LogP contribution in [0.4, 0.5) is 13.2 Å². The summed E-state index contributed by atoms with van der Waals surface area (Å²) in [5, 5.41) is 8.82. The van der Waals surface area contributed by atoms with Gasteiger partial charge in [-0.2, -0.15) is 17.5 Å². The summed E-state index contributed by atoms with van der Waals surface area (Å²) in [4.78, 5) is -0.359. The van der Waals surface area contributed by atoms with Crippen LogP contribution in [-0.2, 0) is 10.0 Å². The summed E-state index contributed by atoms with van der Waals surface area (Å²) in [5.41, 5.74) is 0.560. The predicted molar refractivity (Wildman–Crippen MR) is 69.6 cm³/mol. The summed E-state index contributed by atoms with van der Waals surface area (Å²) in [6.07, 6.45) is -4.71. The Morgan fingerprint density at radius 1 is 1.33 bits per heavy atom. The van der Waals surface area contributed by atoms with Crippen molar-refractivity contribution in [3.63, 3.8) is 0 Å². The van der Waals surface area contributed by atoms with Crippen molar-refractivity contribution in [2.45, 2.75) is 18.0 Å². The number of aliphatic hydroxyl groups is 1. The number of ether oxygens (including phenoxy) is 1. The van der Waals surface area contributed by atoms with E-state index in [1.165, 1.54) is 19.2 Å². The van der Waals surface area contributed by atoms with Crippen molar-refractivity contribution in [3.05, 3.63) is 23.8 Å². The van der Waals surface area contributed by atoms with Gasteiger partial charge in [-0.3, -0.25) is 0 Å². The van der Waals surface area contributed by atoms with Gasteiger partial charge in [0.05, 0.1) is 13.7 Å². The topological polar surface area (TPSA) is 66.8 Å². The van der Waals surface area contributed by atoms with Crippen LogP contribution in [-0.4, -0.2) is 50.8 Å². The highest BCUT2D eigenvalue weighted by atomic mass is 32.2. The van der Waals surface area contributed by atoms with Gasteiger partial charge in [-0.1, -0.05) is 6.07 Å². The summed E-state index contributed by atoms with van der Waals surface area (Å²) >= 11 is 0. The molecule has 0 bridgehead atoms. The highest BCUT2D eigenvalue weighted by molar-refractivity contribution is 7.89. The molecule has 0 atom stereocenters. The molecule has 0 aromatic heterocycles. The molecule has 9 heteroatoms. The number of halogens is 3. The Bertz CT molecular complexity index is 587. The maximum Gasteiger partial charge on any atom is 0.402 e. The van der Waals surface area contributed by atoms with Gasteiger partial charge in [-0.15, -0.1) is 0 Å². The molecule has 0 aliphatic rings. The molecule has 120 valence electrons. The summed E-state index contributed by atoms with van der Waals surface area (Å²) < 4.78 is 67.4. The van der Waals surface area contributed by atoms with Gasteiger partial charge >= 0.3 is 6.18 Å². The number of benzene rings is 1. The zero-order valence-electron chi connectivity index (χ0n) is 11.5. The molecule has 1 rings (SSSR count). The van der Waals surface area contributed by atoms with E-state index in [2.05, 4.69) is 0 Å². The van der Waals surface area contributed by atoms with Crippen LogP contribution in [0.2, 0.25) is 0 Å². The molecule has 0 radical (unpaired) electrons. The smallest absolute Gasteiger partial charge is 0.402 e. The van der Waals surface area contributed by atoms with E-state index in [9.17, 15) is 21.6 Å². The molecule has 21 heavy (non-hydrogen) atoms. The van der Waals surface area contributed by atoms with E-state index in [1.54, 1.807) is 13.0 Å². The van der Waals surface area contributed by atoms with Gasteiger partial charge in [-0.05, 0) is 24.6 Å². The Morgan fingerprint density at radius 2 is 1.95 bits per heavy atom. The number of methoxy groups -OCH3 is 1. The molecule has 0 aliphatic heterocycles. The molecule has 0 amide bonds. The van der Waals surface area contributed by atoms with E-state index in [1.807, 2.05) is 0 Å². The molecule has 0 heterocycles. The Morgan fingerprint density at radius 3 is 2.43 bits per heavy atom. The minimum absolute atomic E-state index is 0.0503. The van der Waals surface area contributed by atoms with Crippen LogP contribution in [0.25, 0.3) is 0 Å². The molecular weight excluding hydrogens is 311 g/mol. The summed E-state index contributed by atoms with van der Waals surface area (Å²) in [6, 6.07) is 4.18. The minimum Gasteiger partial charge on any atom is -0.495 e. The standard InChI is InChI=1S/C12H16F3NO4S/c1-9-3-4-10(20-2)11(7-9)21(18,19)16(5-6-17)8-12(13,14)15/h3-4,7,17H,5-6,8H2,1-2H3. The third kappa shape index (κ3) is 4.58. The third-order valence-corrected chi connectivity index (χ3v) is 4.51. The van der Waals surface area contributed by atoms with E-state index in [4.69, 9.17) is 9.84 Å². The Hall–Kier alpha value is -1.32. The highest BCUT2D eigenvalue weighted by Gasteiger charge is 2.37. The number of sulfonamides is 1. The largest absolute Gasteiger partial charge is 0.495 e. The second-order valence-electron chi connectivity index (χ2n) is 4.33. The van der Waals surface area contributed by atoms with E-state index in [0.29, 0.717) is 5.56 Å². The molecule has 5 nitrogen and oxygen atoms in total. The normalized spacial score (nSPS) is 12.7. The fraction of sp³-hybridized carbons (Fsp3) is 0.500. The van der Waals surface area contributed by atoms with Gasteiger partial charge in [0.1, 0.15) is 17.2 Å². The van der Waals surface area contributed by atoms with Crippen molar-refractivity contribution in [2.24, 2.45) is 0 Å². The number of rotatable bonds is 6. The highest BCUT2D eigenvalue weighted by Crippen LogP contribution is 2.29. The summed E-state index contributed by atoms with van der Waals surface area (Å²) in [6.45, 7) is -1.44. The van der Waals surface area contributed by atoms with Gasteiger partial charge in [0.25, 0.3) is 0 Å². The fourth-order valence-electron chi connectivity index (χ4n) is 1.72. The Balaban J connectivity index is 3.32. The van der Waals surface area contributed by atoms with Crippen molar-refractivity contribution >= 4 is 10.0 Å². The molecule has 1 aromatic rings. The number of aliphatic hydroxyl groups excluding tert-OH is 1. The molecule has 0 saturated heterocycles. The summed E-state index contributed by atoms with van der Waals surface area (Å²) in [7, 11) is -3.21. The number of aryl methyl sites for hydroxylation is 1. The Kier molecular flexibility index (Phi) is 5.60. The summed E-state index contributed by atoms with van der Waals surface area (Å²) in [5.74, 6) is -0.0503. The molecular formula is C12H16F3NO4S. The average molecular weight is 327 g/mol. The molecule has 1 aromatic carbocycles. The number of nitrogens with zero attached hydrogens (tertiary/aromatic N) is 1. The first-order chi connectivity index (χ1) is 9.61. The second kappa shape index (κ2) is 6.63. The molecule has 0 unspecified atom stereocenters. The van der Waals surface area contributed by atoms with Crippen molar-refractivity contribution in [1.82, 2.24) is 4.31 Å². The Labute approximate surface area is 121 Å². The van der Waals surface area contributed by atoms with Gasteiger partial charge in [0.15, 0.2) is 0 Å². The quantitative estimate of drug-likeness (QED) is 0.861. The fourth-order valence-corrected chi connectivity index (χ4v) is 3.38. The maximum atomic E-state index is 12.5. The van der Waals surface area contributed by atoms with Crippen LogP contribution in [0, 0.1) is 6.92 Å².